The van der Waals surface area contributed by atoms with E-state index in [-0.39, 0.29) is 0 Å². The van der Waals surface area contributed by atoms with E-state index in [1.54, 1.807) is 6.20 Å². The first-order valence-corrected chi connectivity index (χ1v) is 5.90. The number of likely N-dealkylation sites (tertiary alicyclic amines) is 1. The van der Waals surface area contributed by atoms with Gasteiger partial charge in [-0.05, 0) is 32.1 Å². The van der Waals surface area contributed by atoms with Crippen molar-refractivity contribution in [2.75, 3.05) is 31.2 Å². The van der Waals surface area contributed by atoms with Crippen LogP contribution in [0.3, 0.4) is 0 Å². The van der Waals surface area contributed by atoms with Gasteiger partial charge in [-0.1, -0.05) is 0 Å². The van der Waals surface area contributed by atoms with Gasteiger partial charge in [0.2, 0.25) is 0 Å². The van der Waals surface area contributed by atoms with Crippen LogP contribution < -0.4 is 11.1 Å². The summed E-state index contributed by atoms with van der Waals surface area (Å²) in [6, 6.07) is 4.48. The molecule has 2 aromatic rings. The number of hydrogen-bond acceptors (Lipinski definition) is 4. The molecule has 1 unspecified atom stereocenters. The van der Waals surface area contributed by atoms with Gasteiger partial charge in [0.05, 0.1) is 23.1 Å². The molecule has 1 aliphatic rings. The van der Waals surface area contributed by atoms with Gasteiger partial charge in [0.1, 0.15) is 0 Å². The highest BCUT2D eigenvalue weighted by molar-refractivity contribution is 5.88. The van der Waals surface area contributed by atoms with E-state index in [0.29, 0.717) is 6.04 Å². The monoisotopic (exact) mass is 231 g/mol. The zero-order chi connectivity index (χ0) is 11.8. The fraction of sp³-hybridized carbons (Fsp3) is 0.417. The van der Waals surface area contributed by atoms with E-state index in [9.17, 15) is 0 Å². The number of nitrogens with one attached hydrogen (secondary N) is 2. The van der Waals surface area contributed by atoms with Crippen molar-refractivity contribution in [2.24, 2.45) is 0 Å². The van der Waals surface area contributed by atoms with Gasteiger partial charge in [0, 0.05) is 18.0 Å². The van der Waals surface area contributed by atoms with Crippen LogP contribution in [-0.4, -0.2) is 41.3 Å². The van der Waals surface area contributed by atoms with Gasteiger partial charge in [0.25, 0.3) is 0 Å². The van der Waals surface area contributed by atoms with Gasteiger partial charge in [-0.2, -0.15) is 5.10 Å². The summed E-state index contributed by atoms with van der Waals surface area (Å²) in [6.45, 7) is 2.21. The van der Waals surface area contributed by atoms with Crippen molar-refractivity contribution < 1.29 is 0 Å². The summed E-state index contributed by atoms with van der Waals surface area (Å²) in [5.74, 6) is 0. The maximum atomic E-state index is 6.04. The third-order valence-electron chi connectivity index (χ3n) is 3.36. The van der Waals surface area contributed by atoms with Gasteiger partial charge in [-0.3, -0.25) is 5.10 Å². The standard InChI is InChI=1S/C12H17N5/c1-17-3-2-9(7-17)15-12-5-11-8(4-10(12)13)6-14-16-11/h4-6,9,15H,2-3,7,13H2,1H3,(H,14,16). The van der Waals surface area contributed by atoms with Gasteiger partial charge in [0.15, 0.2) is 0 Å². The van der Waals surface area contributed by atoms with Crippen molar-refractivity contribution in [1.82, 2.24) is 15.1 Å². The highest BCUT2D eigenvalue weighted by atomic mass is 15.2. The molecule has 1 fully saturated rings. The number of fused-ring (bicyclic) bond motifs is 1. The highest BCUT2D eigenvalue weighted by Crippen LogP contribution is 2.26. The quantitative estimate of drug-likeness (QED) is 0.681. The zero-order valence-corrected chi connectivity index (χ0v) is 9.90. The molecule has 0 amide bonds. The van der Waals surface area contributed by atoms with Gasteiger partial charge < -0.3 is 16.0 Å². The number of aromatic amines is 1. The molecule has 0 spiro atoms. The number of rotatable bonds is 2. The van der Waals surface area contributed by atoms with Crippen LogP contribution in [0, 0.1) is 0 Å². The molecule has 0 saturated carbocycles. The van der Waals surface area contributed by atoms with Crippen LogP contribution in [0.5, 0.6) is 0 Å². The van der Waals surface area contributed by atoms with Crippen LogP contribution >= 0.6 is 0 Å². The fourth-order valence-electron chi connectivity index (χ4n) is 2.41. The highest BCUT2D eigenvalue weighted by Gasteiger charge is 2.19. The van der Waals surface area contributed by atoms with Crippen molar-refractivity contribution in [2.45, 2.75) is 12.5 Å². The molecule has 5 nitrogen and oxygen atoms in total. The Morgan fingerprint density at radius 1 is 1.53 bits per heavy atom. The number of benzene rings is 1. The molecule has 3 rings (SSSR count). The molecule has 17 heavy (non-hydrogen) atoms. The van der Waals surface area contributed by atoms with E-state index >= 15 is 0 Å². The fourth-order valence-corrected chi connectivity index (χ4v) is 2.41. The topological polar surface area (TPSA) is 70.0 Å². The van der Waals surface area contributed by atoms with Crippen molar-refractivity contribution >= 4 is 22.3 Å². The number of likely N-dealkylation sites (N-methyl/N-ethyl adjacent to an activating group) is 1. The smallest absolute Gasteiger partial charge is 0.0672 e. The molecule has 1 aliphatic heterocycles. The summed E-state index contributed by atoms with van der Waals surface area (Å²) in [6.07, 6.45) is 2.95. The normalized spacial score (nSPS) is 21.1. The molecule has 90 valence electrons. The molecule has 5 heteroatoms. The van der Waals surface area contributed by atoms with Gasteiger partial charge >= 0.3 is 0 Å². The lowest BCUT2D eigenvalue weighted by atomic mass is 10.2. The van der Waals surface area contributed by atoms with Crippen molar-refractivity contribution in [3.05, 3.63) is 18.3 Å². The number of H-pyrrole nitrogens is 1. The lowest BCUT2D eigenvalue weighted by Gasteiger charge is -2.16. The first-order valence-electron chi connectivity index (χ1n) is 5.90. The maximum Gasteiger partial charge on any atom is 0.0672 e. The number of aromatic nitrogens is 2. The Morgan fingerprint density at radius 3 is 3.18 bits per heavy atom. The van der Waals surface area contributed by atoms with E-state index in [0.717, 1.165) is 41.8 Å². The summed E-state index contributed by atoms with van der Waals surface area (Å²) < 4.78 is 0. The minimum atomic E-state index is 0.489. The number of hydrogen-bond donors (Lipinski definition) is 3. The molecule has 0 bridgehead atoms. The van der Waals surface area contributed by atoms with E-state index in [1.165, 1.54) is 0 Å². The van der Waals surface area contributed by atoms with E-state index in [1.807, 2.05) is 12.1 Å². The molecule has 1 atom stereocenters. The Bertz CT molecular complexity index is 533. The second-order valence-corrected chi connectivity index (χ2v) is 4.79. The minimum Gasteiger partial charge on any atom is -0.397 e. The largest absolute Gasteiger partial charge is 0.397 e. The Balaban J connectivity index is 1.86. The predicted molar refractivity (Wildman–Crippen MR) is 70.0 cm³/mol. The predicted octanol–water partition coefficient (Wildman–Crippen LogP) is 1.26. The van der Waals surface area contributed by atoms with Crippen molar-refractivity contribution in [3.63, 3.8) is 0 Å². The average Bonchev–Trinajstić information content (AvgIpc) is 2.88. The second kappa shape index (κ2) is 3.92. The summed E-state index contributed by atoms with van der Waals surface area (Å²) in [4.78, 5) is 2.32. The number of nitrogen functional groups attached to an aromatic ring is 1. The SMILES string of the molecule is CN1CCC(Nc2cc3[nH]ncc3cc2N)C1. The molecule has 1 aromatic heterocycles. The molecular weight excluding hydrogens is 214 g/mol. The van der Waals surface area contributed by atoms with Crippen LogP contribution in [0.1, 0.15) is 6.42 Å². The molecular formula is C12H17N5. The Labute approximate surface area is 100.0 Å². The Kier molecular flexibility index (Phi) is 2.40. The van der Waals surface area contributed by atoms with E-state index in [2.05, 4.69) is 27.5 Å². The molecule has 0 aliphatic carbocycles. The molecule has 4 N–H and O–H groups in total. The lowest BCUT2D eigenvalue weighted by Crippen LogP contribution is -2.23. The minimum absolute atomic E-state index is 0.489. The first kappa shape index (κ1) is 10.4. The number of anilines is 2. The van der Waals surface area contributed by atoms with Crippen LogP contribution in [0.4, 0.5) is 11.4 Å². The van der Waals surface area contributed by atoms with Gasteiger partial charge in [-0.25, -0.2) is 0 Å². The van der Waals surface area contributed by atoms with Crippen molar-refractivity contribution in [1.29, 1.82) is 0 Å². The second-order valence-electron chi connectivity index (χ2n) is 4.79. The number of nitrogens with two attached hydrogens (primary N) is 1. The first-order chi connectivity index (χ1) is 8.22. The third-order valence-corrected chi connectivity index (χ3v) is 3.36. The molecule has 1 saturated heterocycles. The van der Waals surface area contributed by atoms with Crippen molar-refractivity contribution in [3.8, 4) is 0 Å². The third kappa shape index (κ3) is 1.93. The van der Waals surface area contributed by atoms with Crippen LogP contribution in [-0.2, 0) is 0 Å². The van der Waals surface area contributed by atoms with Crippen LogP contribution in [0.15, 0.2) is 18.3 Å². The molecule has 0 radical (unpaired) electrons. The van der Waals surface area contributed by atoms with E-state index in [4.69, 9.17) is 5.73 Å². The lowest BCUT2D eigenvalue weighted by molar-refractivity contribution is 0.414. The maximum absolute atomic E-state index is 6.04. The Morgan fingerprint density at radius 2 is 2.41 bits per heavy atom. The summed E-state index contributed by atoms with van der Waals surface area (Å²) in [5.41, 5.74) is 8.85. The summed E-state index contributed by atoms with van der Waals surface area (Å²) in [7, 11) is 2.14. The van der Waals surface area contributed by atoms with E-state index < -0.39 is 0 Å². The van der Waals surface area contributed by atoms with Crippen LogP contribution in [0.2, 0.25) is 0 Å². The zero-order valence-electron chi connectivity index (χ0n) is 9.90. The van der Waals surface area contributed by atoms with Crippen LogP contribution in [0.25, 0.3) is 10.9 Å². The van der Waals surface area contributed by atoms with Gasteiger partial charge in [-0.15, -0.1) is 0 Å². The Hall–Kier alpha value is -1.75. The average molecular weight is 231 g/mol. The molecule has 2 heterocycles. The molecule has 1 aromatic carbocycles. The number of nitrogens with zero attached hydrogens (tertiary/aromatic N) is 2. The summed E-state index contributed by atoms with van der Waals surface area (Å²) in [5, 5.41) is 11.5. The summed E-state index contributed by atoms with van der Waals surface area (Å²) >= 11 is 0.